The first-order chi connectivity index (χ1) is 16.7. The first kappa shape index (κ1) is 24.0. The Bertz CT molecular complexity index is 1180. The Morgan fingerprint density at radius 3 is 2.71 bits per heavy atom. The van der Waals surface area contributed by atoms with E-state index < -0.39 is 52.0 Å². The van der Waals surface area contributed by atoms with Crippen LogP contribution < -0.4 is 10.6 Å². The average molecular weight is 507 g/mol. The number of aromatic nitrogens is 1. The molecule has 3 amide bonds. The molecule has 4 N–H and O–H groups in total. The third-order valence-corrected chi connectivity index (χ3v) is 9.78. The van der Waals surface area contributed by atoms with Crippen LogP contribution in [0.5, 0.6) is 0 Å². The second-order valence-electron chi connectivity index (χ2n) is 10.0. The number of aliphatic hydroxyl groups is 1. The van der Waals surface area contributed by atoms with Gasteiger partial charge in [0.2, 0.25) is 11.8 Å². The lowest BCUT2D eigenvalue weighted by Crippen LogP contribution is -2.53. The second kappa shape index (κ2) is 9.05. The fraction of sp³-hybridized carbons (Fsp3) is 0.652. The number of fused-ring (bicyclic) bond motifs is 2. The number of aromatic amines is 1. The first-order valence-corrected chi connectivity index (χ1v) is 13.8. The number of hydrogen-bond donors (Lipinski definition) is 4. The Labute approximate surface area is 202 Å². The molecule has 0 bridgehead atoms. The van der Waals surface area contributed by atoms with E-state index in [4.69, 9.17) is 0 Å². The van der Waals surface area contributed by atoms with Crippen LogP contribution in [0.2, 0.25) is 0 Å². The molecule has 1 aliphatic carbocycles. The fourth-order valence-corrected chi connectivity index (χ4v) is 7.72. The number of aliphatic hydroxyl groups excluding tert-OH is 1. The van der Waals surface area contributed by atoms with Crippen LogP contribution in [-0.4, -0.2) is 84.4 Å². The molecule has 0 radical (unpaired) electrons. The number of nitrogens with one attached hydrogen (secondary N) is 3. The number of hydrogen-bond acceptors (Lipinski definition) is 7. The topological polar surface area (TPSA) is 166 Å². The molecule has 1 saturated carbocycles. The highest BCUT2D eigenvalue weighted by Gasteiger charge is 2.50. The molecule has 1 aromatic rings. The molecular weight excluding hydrogens is 476 g/mol. The van der Waals surface area contributed by atoms with Crippen LogP contribution in [0.1, 0.15) is 48.3 Å². The number of likely N-dealkylation sites (tertiary alicyclic amines) is 1. The number of sulfone groups is 1. The van der Waals surface area contributed by atoms with Crippen molar-refractivity contribution in [2.45, 2.75) is 55.5 Å². The summed E-state index contributed by atoms with van der Waals surface area (Å²) in [7, 11) is -3.41. The van der Waals surface area contributed by atoms with Gasteiger partial charge in [-0.25, -0.2) is 8.42 Å². The predicted octanol–water partition coefficient (Wildman–Crippen LogP) is -0.842. The highest BCUT2D eigenvalue weighted by atomic mass is 32.2. The molecule has 190 valence electrons. The smallest absolute Gasteiger partial charge is 0.271 e. The van der Waals surface area contributed by atoms with Crippen molar-refractivity contribution in [1.82, 2.24) is 20.5 Å². The van der Waals surface area contributed by atoms with Gasteiger partial charge in [-0.05, 0) is 43.6 Å². The summed E-state index contributed by atoms with van der Waals surface area (Å²) < 4.78 is 24.5. The molecule has 3 fully saturated rings. The zero-order chi connectivity index (χ0) is 24.9. The van der Waals surface area contributed by atoms with Crippen LogP contribution in [0, 0.1) is 17.8 Å². The van der Waals surface area contributed by atoms with Crippen LogP contribution in [-0.2, 0) is 30.6 Å². The largest absolute Gasteiger partial charge is 0.389 e. The minimum atomic E-state index is -3.41. The van der Waals surface area contributed by atoms with E-state index in [9.17, 15) is 32.7 Å². The molecule has 5 atom stereocenters. The van der Waals surface area contributed by atoms with E-state index in [0.717, 1.165) is 19.3 Å². The van der Waals surface area contributed by atoms with Crippen molar-refractivity contribution in [3.8, 4) is 0 Å². The molecule has 35 heavy (non-hydrogen) atoms. The van der Waals surface area contributed by atoms with Gasteiger partial charge in [0.05, 0.1) is 16.7 Å². The van der Waals surface area contributed by atoms with Gasteiger partial charge in [-0.2, -0.15) is 0 Å². The molecule has 5 rings (SSSR count). The van der Waals surface area contributed by atoms with Gasteiger partial charge in [-0.3, -0.25) is 19.2 Å². The number of rotatable bonds is 7. The van der Waals surface area contributed by atoms with Gasteiger partial charge in [0.15, 0.2) is 15.6 Å². The summed E-state index contributed by atoms with van der Waals surface area (Å²) in [4.78, 5) is 56.0. The Balaban J connectivity index is 1.37. The van der Waals surface area contributed by atoms with Crippen LogP contribution in [0.4, 0.5) is 0 Å². The summed E-state index contributed by atoms with van der Waals surface area (Å²) >= 11 is 0. The number of aryl methyl sites for hydroxylation is 1. The van der Waals surface area contributed by atoms with Gasteiger partial charge in [0.25, 0.3) is 5.91 Å². The standard InChI is InChI=1S/C23H30N4O7S/c28-11-18(29)16(8-12-4-6-24-21(12)30)26-22(31)20-14-3-1-2-13(14)10-27(20)23(32)17-9-19-15(25-17)5-7-35(19,33)34/h9,12-14,16,20,25,28H,1-8,10-11H2,(H,24,30)(H,26,31). The molecule has 4 aliphatic rings. The van der Waals surface area contributed by atoms with Gasteiger partial charge in [0.1, 0.15) is 18.3 Å². The molecule has 0 spiro atoms. The quantitative estimate of drug-likeness (QED) is 0.374. The Morgan fingerprint density at radius 1 is 1.23 bits per heavy atom. The zero-order valence-corrected chi connectivity index (χ0v) is 20.1. The maximum Gasteiger partial charge on any atom is 0.271 e. The molecule has 1 aromatic heterocycles. The highest BCUT2D eigenvalue weighted by Crippen LogP contribution is 2.43. The molecule has 5 unspecified atom stereocenters. The van der Waals surface area contributed by atoms with E-state index in [1.807, 2.05) is 0 Å². The van der Waals surface area contributed by atoms with E-state index in [1.165, 1.54) is 11.0 Å². The van der Waals surface area contributed by atoms with Crippen LogP contribution in [0.15, 0.2) is 11.0 Å². The third-order valence-electron chi connectivity index (χ3n) is 8.01. The van der Waals surface area contributed by atoms with Crippen molar-refractivity contribution in [1.29, 1.82) is 0 Å². The van der Waals surface area contributed by atoms with E-state index >= 15 is 0 Å². The van der Waals surface area contributed by atoms with E-state index in [-0.39, 0.29) is 40.5 Å². The summed E-state index contributed by atoms with van der Waals surface area (Å²) in [6.45, 7) is 0.116. The molecular formula is C23H30N4O7S. The molecule has 11 nitrogen and oxygen atoms in total. The van der Waals surface area contributed by atoms with E-state index in [0.29, 0.717) is 31.6 Å². The van der Waals surface area contributed by atoms with Gasteiger partial charge in [-0.15, -0.1) is 0 Å². The summed E-state index contributed by atoms with van der Waals surface area (Å²) in [5.74, 6) is -2.02. The molecule has 12 heteroatoms. The second-order valence-corrected chi connectivity index (χ2v) is 12.1. The van der Waals surface area contributed by atoms with Crippen molar-refractivity contribution < 1.29 is 32.7 Å². The minimum absolute atomic E-state index is 0.0147. The number of Topliss-reactive ketones (excluding diaryl/α,β-unsaturated/α-hetero) is 1. The first-order valence-electron chi connectivity index (χ1n) is 12.2. The number of ketones is 1. The maximum atomic E-state index is 13.5. The number of carbonyl (C=O) groups excluding carboxylic acids is 4. The molecule has 0 aromatic carbocycles. The molecule has 4 heterocycles. The Morgan fingerprint density at radius 2 is 2.03 bits per heavy atom. The lowest BCUT2D eigenvalue weighted by Gasteiger charge is -2.29. The SMILES string of the molecule is O=C1NCCC1CC(NC(=O)C1C2CCCC2CN1C(=O)c1cc2c([nH]1)CCS2(=O)=O)C(=O)CO. The van der Waals surface area contributed by atoms with Crippen LogP contribution in [0.25, 0.3) is 0 Å². The molecule has 3 aliphatic heterocycles. The maximum absolute atomic E-state index is 13.5. The van der Waals surface area contributed by atoms with E-state index in [1.54, 1.807) is 0 Å². The summed E-state index contributed by atoms with van der Waals surface area (Å²) in [5, 5.41) is 14.9. The predicted molar refractivity (Wildman–Crippen MR) is 122 cm³/mol. The third kappa shape index (κ3) is 4.26. The number of H-pyrrole nitrogens is 1. The monoisotopic (exact) mass is 506 g/mol. The van der Waals surface area contributed by atoms with Crippen molar-refractivity contribution in [3.05, 3.63) is 17.5 Å². The van der Waals surface area contributed by atoms with Gasteiger partial charge < -0.3 is 25.6 Å². The molecule has 2 saturated heterocycles. The van der Waals surface area contributed by atoms with Crippen molar-refractivity contribution >= 4 is 33.3 Å². The summed E-state index contributed by atoms with van der Waals surface area (Å²) in [5.41, 5.74) is 0.652. The van der Waals surface area contributed by atoms with Gasteiger partial charge >= 0.3 is 0 Å². The van der Waals surface area contributed by atoms with Crippen molar-refractivity contribution in [2.75, 3.05) is 25.4 Å². The highest BCUT2D eigenvalue weighted by molar-refractivity contribution is 7.91. The average Bonchev–Trinajstić information content (AvgIpc) is 3.61. The lowest BCUT2D eigenvalue weighted by molar-refractivity contribution is -0.133. The number of amides is 3. The van der Waals surface area contributed by atoms with Crippen molar-refractivity contribution in [2.24, 2.45) is 17.8 Å². The lowest BCUT2D eigenvalue weighted by atomic mass is 9.92. The zero-order valence-electron chi connectivity index (χ0n) is 19.3. The van der Waals surface area contributed by atoms with Crippen LogP contribution >= 0.6 is 0 Å². The summed E-state index contributed by atoms with van der Waals surface area (Å²) in [6.07, 6.45) is 3.55. The Kier molecular flexibility index (Phi) is 6.20. The van der Waals surface area contributed by atoms with E-state index in [2.05, 4.69) is 15.6 Å². The number of nitrogens with zero attached hydrogens (tertiary/aromatic N) is 1. The van der Waals surface area contributed by atoms with Crippen LogP contribution in [0.3, 0.4) is 0 Å². The minimum Gasteiger partial charge on any atom is -0.389 e. The van der Waals surface area contributed by atoms with Gasteiger partial charge in [0, 0.05) is 31.1 Å². The fourth-order valence-electron chi connectivity index (χ4n) is 6.20. The Hall–Kier alpha value is -2.73. The normalized spacial score (nSPS) is 29.5. The van der Waals surface area contributed by atoms with Gasteiger partial charge in [-0.1, -0.05) is 6.42 Å². The number of carbonyl (C=O) groups is 4. The summed E-state index contributed by atoms with van der Waals surface area (Å²) in [6, 6.07) is -0.478. The van der Waals surface area contributed by atoms with Crippen molar-refractivity contribution in [3.63, 3.8) is 0 Å².